The van der Waals surface area contributed by atoms with Gasteiger partial charge in [0, 0.05) is 30.2 Å². The SMILES string of the molecule is CCNC(=O)Nc1cc2c(-c3ccc(C(N)=O)cc3)ccc(CNC(=O)O)c2cn1. The Hall–Kier alpha value is -4.14. The zero-order valence-corrected chi connectivity index (χ0v) is 16.2. The van der Waals surface area contributed by atoms with Gasteiger partial charge in [0.15, 0.2) is 0 Å². The molecule has 0 unspecified atom stereocenters. The van der Waals surface area contributed by atoms with Crippen LogP contribution in [0.3, 0.4) is 0 Å². The summed E-state index contributed by atoms with van der Waals surface area (Å²) in [4.78, 5) is 38.4. The summed E-state index contributed by atoms with van der Waals surface area (Å²) in [6, 6.07) is 11.9. The van der Waals surface area contributed by atoms with Gasteiger partial charge in [-0.05, 0) is 47.2 Å². The molecule has 1 heterocycles. The van der Waals surface area contributed by atoms with Crippen LogP contribution in [0.2, 0.25) is 0 Å². The highest BCUT2D eigenvalue weighted by molar-refractivity contribution is 6.01. The summed E-state index contributed by atoms with van der Waals surface area (Å²) in [5, 5.41) is 18.1. The summed E-state index contributed by atoms with van der Waals surface area (Å²) in [6.45, 7) is 2.39. The fourth-order valence-electron chi connectivity index (χ4n) is 3.08. The number of amides is 4. The van der Waals surface area contributed by atoms with Crippen LogP contribution in [0, 0.1) is 0 Å². The Morgan fingerprint density at radius 2 is 1.77 bits per heavy atom. The molecule has 30 heavy (non-hydrogen) atoms. The summed E-state index contributed by atoms with van der Waals surface area (Å²) in [5.41, 5.74) is 8.11. The average Bonchev–Trinajstić information content (AvgIpc) is 2.72. The van der Waals surface area contributed by atoms with Crippen molar-refractivity contribution in [2.45, 2.75) is 13.5 Å². The van der Waals surface area contributed by atoms with E-state index in [0.717, 1.165) is 27.5 Å². The highest BCUT2D eigenvalue weighted by Gasteiger charge is 2.12. The summed E-state index contributed by atoms with van der Waals surface area (Å²) in [6.07, 6.45) is 0.466. The fraction of sp³-hybridized carbons (Fsp3) is 0.143. The lowest BCUT2D eigenvalue weighted by molar-refractivity contribution is 0.1000. The number of fused-ring (bicyclic) bond motifs is 1. The van der Waals surface area contributed by atoms with Gasteiger partial charge in [-0.3, -0.25) is 10.1 Å². The molecule has 3 rings (SSSR count). The van der Waals surface area contributed by atoms with Crippen molar-refractivity contribution in [2.75, 3.05) is 11.9 Å². The van der Waals surface area contributed by atoms with Crippen LogP contribution < -0.4 is 21.7 Å². The van der Waals surface area contributed by atoms with Gasteiger partial charge in [0.1, 0.15) is 5.82 Å². The van der Waals surface area contributed by atoms with E-state index in [4.69, 9.17) is 10.8 Å². The molecule has 0 spiro atoms. The first-order valence-electron chi connectivity index (χ1n) is 9.22. The van der Waals surface area contributed by atoms with E-state index in [1.165, 1.54) is 0 Å². The molecule has 9 heteroatoms. The number of anilines is 1. The molecule has 1 aromatic heterocycles. The predicted molar refractivity (Wildman–Crippen MR) is 113 cm³/mol. The number of pyridine rings is 1. The van der Waals surface area contributed by atoms with Crippen molar-refractivity contribution in [1.82, 2.24) is 15.6 Å². The molecule has 0 bridgehead atoms. The third kappa shape index (κ3) is 4.64. The number of nitrogens with zero attached hydrogens (tertiary/aromatic N) is 1. The predicted octanol–water partition coefficient (Wildman–Crippen LogP) is 2.91. The second-order valence-corrected chi connectivity index (χ2v) is 6.47. The first-order valence-corrected chi connectivity index (χ1v) is 9.22. The molecule has 4 amide bonds. The standard InChI is InChI=1S/C21H21N5O4/c1-2-23-20(28)26-18-9-16-15(12-3-5-13(6-4-12)19(22)27)8-7-14(10-25-21(29)30)17(16)11-24-18/h3-9,11,25H,2,10H2,1H3,(H2,22,27)(H,29,30)(H2,23,24,26,28). The van der Waals surface area contributed by atoms with Gasteiger partial charge in [-0.1, -0.05) is 24.3 Å². The average molecular weight is 407 g/mol. The Kier molecular flexibility index (Phi) is 6.11. The number of carbonyl (C=O) groups excluding carboxylic acids is 2. The van der Waals surface area contributed by atoms with Crippen LogP contribution in [0.4, 0.5) is 15.4 Å². The molecule has 0 aliphatic heterocycles. The number of primary amides is 1. The first-order chi connectivity index (χ1) is 14.4. The van der Waals surface area contributed by atoms with Crippen molar-refractivity contribution in [3.05, 3.63) is 59.8 Å². The third-order valence-electron chi connectivity index (χ3n) is 4.48. The lowest BCUT2D eigenvalue weighted by Gasteiger charge is -2.14. The molecule has 0 fully saturated rings. The molecule has 0 saturated carbocycles. The molecular weight excluding hydrogens is 386 g/mol. The molecular formula is C21H21N5O4. The lowest BCUT2D eigenvalue weighted by atomic mass is 9.95. The van der Waals surface area contributed by atoms with Gasteiger partial charge in [-0.2, -0.15) is 0 Å². The molecule has 0 atom stereocenters. The summed E-state index contributed by atoms with van der Waals surface area (Å²) in [7, 11) is 0. The number of nitrogens with one attached hydrogen (secondary N) is 3. The van der Waals surface area contributed by atoms with Crippen LogP contribution in [0.25, 0.3) is 21.9 Å². The minimum atomic E-state index is -1.13. The van der Waals surface area contributed by atoms with Gasteiger partial charge < -0.3 is 21.5 Å². The highest BCUT2D eigenvalue weighted by Crippen LogP contribution is 2.32. The van der Waals surface area contributed by atoms with Gasteiger partial charge in [0.05, 0.1) is 0 Å². The Balaban J connectivity index is 2.09. The van der Waals surface area contributed by atoms with E-state index < -0.39 is 12.0 Å². The normalized spacial score (nSPS) is 10.4. The number of aromatic nitrogens is 1. The number of rotatable bonds is 6. The van der Waals surface area contributed by atoms with Crippen LogP contribution in [-0.2, 0) is 6.54 Å². The molecule has 0 radical (unpaired) electrons. The van der Waals surface area contributed by atoms with Gasteiger partial charge in [-0.15, -0.1) is 0 Å². The second-order valence-electron chi connectivity index (χ2n) is 6.47. The molecule has 0 aliphatic rings. The molecule has 154 valence electrons. The lowest BCUT2D eigenvalue weighted by Crippen LogP contribution is -2.28. The fourth-order valence-corrected chi connectivity index (χ4v) is 3.08. The van der Waals surface area contributed by atoms with Crippen molar-refractivity contribution in [1.29, 1.82) is 0 Å². The largest absolute Gasteiger partial charge is 0.465 e. The van der Waals surface area contributed by atoms with Crippen LogP contribution >= 0.6 is 0 Å². The molecule has 9 nitrogen and oxygen atoms in total. The van der Waals surface area contributed by atoms with Crippen LogP contribution in [0.15, 0.2) is 48.7 Å². The Morgan fingerprint density at radius 1 is 1.03 bits per heavy atom. The monoisotopic (exact) mass is 407 g/mol. The topological polar surface area (TPSA) is 146 Å². The number of hydrogen-bond acceptors (Lipinski definition) is 4. The van der Waals surface area contributed by atoms with E-state index in [1.54, 1.807) is 36.5 Å². The number of benzene rings is 2. The summed E-state index contributed by atoms with van der Waals surface area (Å²) < 4.78 is 0. The third-order valence-corrected chi connectivity index (χ3v) is 4.48. The van der Waals surface area contributed by atoms with Crippen molar-refractivity contribution in [3.8, 4) is 11.1 Å². The van der Waals surface area contributed by atoms with Gasteiger partial charge in [0.25, 0.3) is 0 Å². The molecule has 0 aliphatic carbocycles. The van der Waals surface area contributed by atoms with Gasteiger partial charge in [0.2, 0.25) is 5.91 Å². The van der Waals surface area contributed by atoms with E-state index in [9.17, 15) is 14.4 Å². The molecule has 2 aromatic carbocycles. The Labute approximate surface area is 172 Å². The van der Waals surface area contributed by atoms with Crippen molar-refractivity contribution >= 4 is 34.6 Å². The maximum atomic E-state index is 11.9. The zero-order chi connectivity index (χ0) is 21.7. The van der Waals surface area contributed by atoms with E-state index in [0.29, 0.717) is 17.9 Å². The molecule has 6 N–H and O–H groups in total. The number of carbonyl (C=O) groups is 3. The summed E-state index contributed by atoms with van der Waals surface area (Å²) in [5.74, 6) is -0.161. The number of urea groups is 1. The van der Waals surface area contributed by atoms with E-state index >= 15 is 0 Å². The van der Waals surface area contributed by atoms with Crippen molar-refractivity contribution < 1.29 is 19.5 Å². The second kappa shape index (κ2) is 8.91. The van der Waals surface area contributed by atoms with E-state index in [2.05, 4.69) is 20.9 Å². The van der Waals surface area contributed by atoms with E-state index in [1.807, 2.05) is 19.1 Å². The quantitative estimate of drug-likeness (QED) is 0.426. The van der Waals surface area contributed by atoms with Crippen molar-refractivity contribution in [3.63, 3.8) is 0 Å². The van der Waals surface area contributed by atoms with Crippen LogP contribution in [0.5, 0.6) is 0 Å². The molecule has 3 aromatic rings. The van der Waals surface area contributed by atoms with Crippen LogP contribution in [-0.4, -0.2) is 34.7 Å². The van der Waals surface area contributed by atoms with Crippen LogP contribution in [0.1, 0.15) is 22.8 Å². The minimum Gasteiger partial charge on any atom is -0.465 e. The number of carboxylic acid groups (broad SMARTS) is 1. The van der Waals surface area contributed by atoms with E-state index in [-0.39, 0.29) is 12.6 Å². The molecule has 0 saturated heterocycles. The number of hydrogen-bond donors (Lipinski definition) is 5. The highest BCUT2D eigenvalue weighted by atomic mass is 16.4. The maximum Gasteiger partial charge on any atom is 0.404 e. The van der Waals surface area contributed by atoms with Gasteiger partial charge in [-0.25, -0.2) is 14.6 Å². The van der Waals surface area contributed by atoms with Crippen molar-refractivity contribution in [2.24, 2.45) is 5.73 Å². The first kappa shape index (κ1) is 20.6. The number of nitrogens with two attached hydrogens (primary N) is 1. The zero-order valence-electron chi connectivity index (χ0n) is 16.2. The maximum absolute atomic E-state index is 11.9. The summed E-state index contributed by atoms with van der Waals surface area (Å²) >= 11 is 0. The Morgan fingerprint density at radius 3 is 2.40 bits per heavy atom. The minimum absolute atomic E-state index is 0.109. The van der Waals surface area contributed by atoms with Gasteiger partial charge >= 0.3 is 12.1 Å². The Bertz CT molecular complexity index is 1110. The smallest absolute Gasteiger partial charge is 0.404 e.